The highest BCUT2D eigenvalue weighted by Gasteiger charge is 2.05. The van der Waals surface area contributed by atoms with Crippen molar-refractivity contribution in [2.75, 3.05) is 18.4 Å². The maximum Gasteiger partial charge on any atom is 0.239 e. The van der Waals surface area contributed by atoms with Gasteiger partial charge in [0.1, 0.15) is 0 Å². The van der Waals surface area contributed by atoms with E-state index in [9.17, 15) is 4.79 Å². The molecule has 2 rings (SSSR count). The molecule has 2 N–H and O–H groups in total. The highest BCUT2D eigenvalue weighted by Crippen LogP contribution is 2.24. The summed E-state index contributed by atoms with van der Waals surface area (Å²) in [7, 11) is 0. The fourth-order valence-corrected chi connectivity index (χ4v) is 2.81. The summed E-state index contributed by atoms with van der Waals surface area (Å²) in [4.78, 5) is 16.1. The largest absolute Gasteiger partial charge is 0.355 e. The van der Waals surface area contributed by atoms with E-state index in [1.807, 2.05) is 24.3 Å². The lowest BCUT2D eigenvalue weighted by Crippen LogP contribution is -2.30. The molecule has 5 heteroatoms. The molecule has 0 saturated heterocycles. The quantitative estimate of drug-likeness (QED) is 0.733. The molecule has 2 aromatic rings. The molecule has 0 bridgehead atoms. The lowest BCUT2D eigenvalue weighted by Gasteiger charge is -2.05. The van der Waals surface area contributed by atoms with Gasteiger partial charge >= 0.3 is 0 Å². The van der Waals surface area contributed by atoms with Gasteiger partial charge in [-0.3, -0.25) is 4.79 Å². The van der Waals surface area contributed by atoms with Gasteiger partial charge in [-0.2, -0.15) is 0 Å². The van der Waals surface area contributed by atoms with E-state index in [-0.39, 0.29) is 12.5 Å². The third-order valence-electron chi connectivity index (χ3n) is 3.05. The van der Waals surface area contributed by atoms with Gasteiger partial charge in [0.25, 0.3) is 0 Å². The number of para-hydroxylation sites is 1. The zero-order chi connectivity index (χ0) is 14.2. The minimum absolute atomic E-state index is 0.0285. The molecular weight excluding hydrogens is 270 g/mol. The molecule has 0 spiro atoms. The number of amides is 1. The third kappa shape index (κ3) is 4.49. The molecule has 0 aliphatic heterocycles. The van der Waals surface area contributed by atoms with E-state index in [0.29, 0.717) is 0 Å². The fourth-order valence-electron chi connectivity index (χ4n) is 1.95. The van der Waals surface area contributed by atoms with Crippen LogP contribution in [0.3, 0.4) is 0 Å². The summed E-state index contributed by atoms with van der Waals surface area (Å²) in [6, 6.07) is 7.97. The van der Waals surface area contributed by atoms with Crippen LogP contribution in [-0.4, -0.2) is 24.0 Å². The SMILES string of the molecule is CCCCCCNC(=O)CNc1nc2ccccc2s1. The number of aromatic nitrogens is 1. The van der Waals surface area contributed by atoms with Crippen LogP contribution in [0.5, 0.6) is 0 Å². The Labute approximate surface area is 123 Å². The zero-order valence-corrected chi connectivity index (χ0v) is 12.6. The molecular formula is C15H21N3OS. The molecule has 20 heavy (non-hydrogen) atoms. The molecule has 0 saturated carbocycles. The van der Waals surface area contributed by atoms with Gasteiger partial charge in [0, 0.05) is 6.54 Å². The van der Waals surface area contributed by atoms with E-state index in [0.717, 1.165) is 28.3 Å². The Morgan fingerprint density at radius 2 is 2.10 bits per heavy atom. The second-order valence-electron chi connectivity index (χ2n) is 4.75. The number of nitrogens with one attached hydrogen (secondary N) is 2. The topological polar surface area (TPSA) is 54.0 Å². The standard InChI is InChI=1S/C15H21N3OS/c1-2-3-4-7-10-16-14(19)11-17-15-18-12-8-5-6-9-13(12)20-15/h5-6,8-9H,2-4,7,10-11H2,1H3,(H,16,19)(H,17,18). The Bertz CT molecular complexity index is 520. The molecule has 1 heterocycles. The molecule has 1 aromatic heterocycles. The molecule has 1 aromatic carbocycles. The highest BCUT2D eigenvalue weighted by molar-refractivity contribution is 7.22. The van der Waals surface area contributed by atoms with Gasteiger partial charge < -0.3 is 10.6 Å². The maximum absolute atomic E-state index is 11.7. The predicted octanol–water partition coefficient (Wildman–Crippen LogP) is 3.40. The van der Waals surface area contributed by atoms with Crippen molar-refractivity contribution in [2.24, 2.45) is 0 Å². The van der Waals surface area contributed by atoms with Crippen LogP contribution in [0.2, 0.25) is 0 Å². The molecule has 0 aliphatic carbocycles. The second kappa shape index (κ2) is 7.85. The Kier molecular flexibility index (Phi) is 5.80. The molecule has 108 valence electrons. The van der Waals surface area contributed by atoms with Crippen LogP contribution in [0.1, 0.15) is 32.6 Å². The van der Waals surface area contributed by atoms with Crippen molar-refractivity contribution in [2.45, 2.75) is 32.6 Å². The number of rotatable bonds is 8. The second-order valence-corrected chi connectivity index (χ2v) is 5.78. The predicted molar refractivity (Wildman–Crippen MR) is 85.3 cm³/mol. The Morgan fingerprint density at radius 3 is 2.90 bits per heavy atom. The van der Waals surface area contributed by atoms with Gasteiger partial charge in [-0.15, -0.1) is 0 Å². The minimum atomic E-state index is 0.0285. The number of thiazole rings is 1. The summed E-state index contributed by atoms with van der Waals surface area (Å²) in [6.07, 6.45) is 4.69. The third-order valence-corrected chi connectivity index (χ3v) is 4.04. The number of hydrogen-bond donors (Lipinski definition) is 2. The number of nitrogens with zero attached hydrogens (tertiary/aromatic N) is 1. The first-order chi connectivity index (χ1) is 9.79. The molecule has 0 atom stereocenters. The lowest BCUT2D eigenvalue weighted by atomic mass is 10.2. The molecule has 4 nitrogen and oxygen atoms in total. The van der Waals surface area contributed by atoms with Crippen LogP contribution in [0.15, 0.2) is 24.3 Å². The zero-order valence-electron chi connectivity index (χ0n) is 11.8. The first-order valence-electron chi connectivity index (χ1n) is 7.15. The summed E-state index contributed by atoms with van der Waals surface area (Å²) in [5.41, 5.74) is 0.972. The van der Waals surface area contributed by atoms with Crippen LogP contribution >= 0.6 is 11.3 Å². The number of carbonyl (C=O) groups is 1. The van der Waals surface area contributed by atoms with Crippen LogP contribution in [0.25, 0.3) is 10.2 Å². The van der Waals surface area contributed by atoms with Gasteiger partial charge in [-0.25, -0.2) is 4.98 Å². The number of unbranched alkanes of at least 4 members (excludes halogenated alkanes) is 3. The molecule has 1 amide bonds. The maximum atomic E-state index is 11.7. The van der Waals surface area contributed by atoms with Crippen molar-refractivity contribution in [1.82, 2.24) is 10.3 Å². The van der Waals surface area contributed by atoms with Gasteiger partial charge in [0.2, 0.25) is 5.91 Å². The Morgan fingerprint density at radius 1 is 1.25 bits per heavy atom. The van der Waals surface area contributed by atoms with Gasteiger partial charge in [-0.05, 0) is 18.6 Å². The van der Waals surface area contributed by atoms with Gasteiger partial charge in [-0.1, -0.05) is 49.7 Å². The van der Waals surface area contributed by atoms with E-state index < -0.39 is 0 Å². The van der Waals surface area contributed by atoms with Crippen LogP contribution in [0, 0.1) is 0 Å². The van der Waals surface area contributed by atoms with E-state index in [2.05, 4.69) is 22.5 Å². The van der Waals surface area contributed by atoms with E-state index in [4.69, 9.17) is 0 Å². The number of benzene rings is 1. The van der Waals surface area contributed by atoms with Crippen molar-refractivity contribution in [3.63, 3.8) is 0 Å². The van der Waals surface area contributed by atoms with Crippen molar-refractivity contribution >= 4 is 32.6 Å². The number of hydrogen-bond acceptors (Lipinski definition) is 4. The van der Waals surface area contributed by atoms with E-state index in [1.54, 1.807) is 11.3 Å². The molecule has 0 radical (unpaired) electrons. The van der Waals surface area contributed by atoms with Gasteiger partial charge in [0.05, 0.1) is 16.8 Å². The number of carbonyl (C=O) groups excluding carboxylic acids is 1. The summed E-state index contributed by atoms with van der Waals surface area (Å²) in [5, 5.41) is 6.80. The van der Waals surface area contributed by atoms with Crippen LogP contribution in [0.4, 0.5) is 5.13 Å². The highest BCUT2D eigenvalue weighted by atomic mass is 32.1. The average molecular weight is 291 g/mol. The monoisotopic (exact) mass is 291 g/mol. The van der Waals surface area contributed by atoms with E-state index in [1.165, 1.54) is 19.3 Å². The van der Waals surface area contributed by atoms with Crippen molar-refractivity contribution in [3.05, 3.63) is 24.3 Å². The molecule has 0 unspecified atom stereocenters. The average Bonchev–Trinajstić information content (AvgIpc) is 2.88. The normalized spacial score (nSPS) is 10.7. The Hall–Kier alpha value is -1.62. The van der Waals surface area contributed by atoms with E-state index >= 15 is 0 Å². The Balaban J connectivity index is 1.70. The first kappa shape index (κ1) is 14.8. The first-order valence-corrected chi connectivity index (χ1v) is 7.97. The molecule has 0 fully saturated rings. The smallest absolute Gasteiger partial charge is 0.239 e. The summed E-state index contributed by atoms with van der Waals surface area (Å²) >= 11 is 1.57. The van der Waals surface area contributed by atoms with Crippen LogP contribution < -0.4 is 10.6 Å². The summed E-state index contributed by atoms with van der Waals surface area (Å²) < 4.78 is 1.13. The summed E-state index contributed by atoms with van der Waals surface area (Å²) in [5.74, 6) is 0.0285. The summed E-state index contributed by atoms with van der Waals surface area (Å²) in [6.45, 7) is 3.23. The lowest BCUT2D eigenvalue weighted by molar-refractivity contribution is -0.119. The van der Waals surface area contributed by atoms with Gasteiger partial charge in [0.15, 0.2) is 5.13 Å². The van der Waals surface area contributed by atoms with Crippen molar-refractivity contribution in [3.8, 4) is 0 Å². The molecule has 0 aliphatic rings. The van der Waals surface area contributed by atoms with Crippen molar-refractivity contribution < 1.29 is 4.79 Å². The minimum Gasteiger partial charge on any atom is -0.355 e. The van der Waals surface area contributed by atoms with Crippen molar-refractivity contribution in [1.29, 1.82) is 0 Å². The fraction of sp³-hybridized carbons (Fsp3) is 0.467. The van der Waals surface area contributed by atoms with Crippen LogP contribution in [-0.2, 0) is 4.79 Å². The number of anilines is 1. The number of fused-ring (bicyclic) bond motifs is 1.